The number of carbonyl (C=O) groups excluding carboxylic acids is 2. The van der Waals surface area contributed by atoms with Gasteiger partial charge < -0.3 is 20.1 Å². The molecule has 0 bridgehead atoms. The number of amides is 2. The van der Waals surface area contributed by atoms with E-state index in [1.54, 1.807) is 12.2 Å². The number of ether oxygens (including phenoxy) is 2. The van der Waals surface area contributed by atoms with E-state index in [1.165, 1.54) is 13.8 Å². The predicted octanol–water partition coefficient (Wildman–Crippen LogP) is 7.10. The average Bonchev–Trinajstić information content (AvgIpc) is 3.26. The van der Waals surface area contributed by atoms with Crippen LogP contribution in [0.3, 0.4) is 0 Å². The highest BCUT2D eigenvalue weighted by Gasteiger charge is 2.46. The van der Waals surface area contributed by atoms with Crippen LogP contribution >= 0.6 is 0 Å². The summed E-state index contributed by atoms with van der Waals surface area (Å²) in [6, 6.07) is 28.4. The van der Waals surface area contributed by atoms with Crippen molar-refractivity contribution < 1.29 is 19.1 Å². The molecule has 0 heterocycles. The molecule has 1 aliphatic rings. The third kappa shape index (κ3) is 5.00. The first-order chi connectivity index (χ1) is 19.9. The first-order valence-corrected chi connectivity index (χ1v) is 13.4. The summed E-state index contributed by atoms with van der Waals surface area (Å²) in [6.45, 7) is 11.0. The Labute approximate surface area is 240 Å². The number of nitrogens with one attached hydrogen (secondary N) is 2. The molecule has 0 unspecified atom stereocenters. The Bertz CT molecular complexity index is 1530. The number of benzene rings is 4. The number of fused-ring (bicyclic) bond motifs is 3. The Morgan fingerprint density at radius 2 is 1.10 bits per heavy atom. The van der Waals surface area contributed by atoms with Crippen molar-refractivity contribution in [3.05, 3.63) is 132 Å². The van der Waals surface area contributed by atoms with Crippen molar-refractivity contribution in [3.63, 3.8) is 0 Å². The largest absolute Gasteiger partial charge is 0.487 e. The Morgan fingerprint density at radius 3 is 1.49 bits per heavy atom. The minimum absolute atomic E-state index is 0.205. The van der Waals surface area contributed by atoms with Gasteiger partial charge in [-0.15, -0.1) is 0 Å². The molecule has 4 aromatic rings. The molecule has 0 aliphatic heterocycles. The molecule has 2 amide bonds. The molecule has 4 aromatic carbocycles. The standard InChI is InChI=1S/C35H32N2O4/c1-5-19-40-33-17-15-25(21-31(33)36-23(3)38)35(26-16-18-34(41-20-6-2)32(22-26)37-24(4)39)29-13-9-7-11-27(29)28-12-8-10-14-30(28)35/h5-18,21-22H,1-2,19-20H2,3-4H3,(H,36,38)(H,37,39). The SMILES string of the molecule is C=CCOc1ccc(C2(c3ccc(OCC=C)c(NC(C)=O)c3)c3ccccc3-c3ccccc32)cc1NC(C)=O. The van der Waals surface area contributed by atoms with Crippen LogP contribution in [0.25, 0.3) is 11.1 Å². The van der Waals surface area contributed by atoms with Crippen LogP contribution < -0.4 is 20.1 Å². The lowest BCUT2D eigenvalue weighted by Crippen LogP contribution is -2.29. The number of rotatable bonds is 10. The number of hydrogen-bond donors (Lipinski definition) is 2. The molecular formula is C35H32N2O4. The second-order valence-corrected chi connectivity index (χ2v) is 9.82. The van der Waals surface area contributed by atoms with Gasteiger partial charge in [-0.25, -0.2) is 0 Å². The molecule has 41 heavy (non-hydrogen) atoms. The molecule has 5 rings (SSSR count). The van der Waals surface area contributed by atoms with E-state index in [4.69, 9.17) is 9.47 Å². The van der Waals surface area contributed by atoms with Gasteiger partial charge in [0.15, 0.2) is 0 Å². The summed E-state index contributed by atoms with van der Waals surface area (Å²) in [4.78, 5) is 24.5. The zero-order valence-electron chi connectivity index (χ0n) is 23.2. The van der Waals surface area contributed by atoms with Crippen LogP contribution in [0, 0.1) is 0 Å². The van der Waals surface area contributed by atoms with E-state index in [-0.39, 0.29) is 11.8 Å². The quantitative estimate of drug-likeness (QED) is 0.184. The van der Waals surface area contributed by atoms with E-state index in [0.29, 0.717) is 36.1 Å². The van der Waals surface area contributed by atoms with E-state index >= 15 is 0 Å². The fourth-order valence-corrected chi connectivity index (χ4v) is 5.67. The van der Waals surface area contributed by atoms with E-state index in [1.807, 2.05) is 60.7 Å². The van der Waals surface area contributed by atoms with Crippen molar-refractivity contribution in [2.24, 2.45) is 0 Å². The molecule has 0 saturated heterocycles. The smallest absolute Gasteiger partial charge is 0.221 e. The molecule has 0 radical (unpaired) electrons. The van der Waals surface area contributed by atoms with E-state index in [9.17, 15) is 9.59 Å². The van der Waals surface area contributed by atoms with Gasteiger partial charge in [-0.3, -0.25) is 9.59 Å². The lowest BCUT2D eigenvalue weighted by Gasteiger charge is -2.35. The van der Waals surface area contributed by atoms with Crippen molar-refractivity contribution in [3.8, 4) is 22.6 Å². The highest BCUT2D eigenvalue weighted by atomic mass is 16.5. The number of carbonyl (C=O) groups is 2. The summed E-state index contributed by atoms with van der Waals surface area (Å²) in [5.74, 6) is 0.684. The Kier molecular flexibility index (Phi) is 7.74. The average molecular weight is 545 g/mol. The highest BCUT2D eigenvalue weighted by Crippen LogP contribution is 2.57. The van der Waals surface area contributed by atoms with Crippen LogP contribution in [0.4, 0.5) is 11.4 Å². The maximum atomic E-state index is 12.2. The van der Waals surface area contributed by atoms with Crippen LogP contribution in [0.5, 0.6) is 11.5 Å². The Balaban J connectivity index is 1.84. The first-order valence-electron chi connectivity index (χ1n) is 13.4. The minimum atomic E-state index is -0.776. The minimum Gasteiger partial charge on any atom is -0.487 e. The second kappa shape index (κ2) is 11.6. The Hall–Kier alpha value is -5.10. The molecule has 0 spiro atoms. The second-order valence-electron chi connectivity index (χ2n) is 9.82. The maximum absolute atomic E-state index is 12.2. The monoisotopic (exact) mass is 544 g/mol. The Morgan fingerprint density at radius 1 is 0.683 bits per heavy atom. The molecule has 0 saturated carbocycles. The molecule has 6 nitrogen and oxygen atoms in total. The van der Waals surface area contributed by atoms with Gasteiger partial charge in [0.05, 0.1) is 16.8 Å². The lowest BCUT2D eigenvalue weighted by molar-refractivity contribution is -0.115. The number of hydrogen-bond acceptors (Lipinski definition) is 4. The molecule has 0 atom stereocenters. The van der Waals surface area contributed by atoms with Crippen molar-refractivity contribution in [1.82, 2.24) is 0 Å². The van der Waals surface area contributed by atoms with E-state index < -0.39 is 5.41 Å². The molecule has 2 N–H and O–H groups in total. The van der Waals surface area contributed by atoms with Crippen LogP contribution in [0.2, 0.25) is 0 Å². The topological polar surface area (TPSA) is 76.7 Å². The zero-order valence-corrected chi connectivity index (χ0v) is 23.2. The normalized spacial score (nSPS) is 12.4. The van der Waals surface area contributed by atoms with Gasteiger partial charge in [0.25, 0.3) is 0 Å². The van der Waals surface area contributed by atoms with Gasteiger partial charge in [0, 0.05) is 13.8 Å². The van der Waals surface area contributed by atoms with Gasteiger partial charge in [-0.2, -0.15) is 0 Å². The van der Waals surface area contributed by atoms with Gasteiger partial charge in [-0.05, 0) is 57.6 Å². The van der Waals surface area contributed by atoms with Crippen molar-refractivity contribution in [2.75, 3.05) is 23.8 Å². The molecule has 6 heteroatoms. The van der Waals surface area contributed by atoms with Crippen molar-refractivity contribution >= 4 is 23.2 Å². The molecular weight excluding hydrogens is 512 g/mol. The summed E-state index contributed by atoms with van der Waals surface area (Å²) in [7, 11) is 0. The fourth-order valence-electron chi connectivity index (χ4n) is 5.67. The highest BCUT2D eigenvalue weighted by molar-refractivity contribution is 5.93. The van der Waals surface area contributed by atoms with E-state index in [0.717, 1.165) is 33.4 Å². The van der Waals surface area contributed by atoms with Crippen molar-refractivity contribution in [1.29, 1.82) is 0 Å². The summed E-state index contributed by atoms with van der Waals surface area (Å²) >= 11 is 0. The number of anilines is 2. The van der Waals surface area contributed by atoms with Gasteiger partial charge in [-0.1, -0.05) is 86.0 Å². The molecule has 0 aromatic heterocycles. The molecule has 1 aliphatic carbocycles. The lowest BCUT2D eigenvalue weighted by atomic mass is 9.67. The van der Waals surface area contributed by atoms with Gasteiger partial charge in [0.1, 0.15) is 24.7 Å². The molecule has 0 fully saturated rings. The summed E-state index contributed by atoms with van der Waals surface area (Å²) in [5, 5.41) is 5.90. The first kappa shape index (κ1) is 27.5. The predicted molar refractivity (Wildman–Crippen MR) is 164 cm³/mol. The van der Waals surface area contributed by atoms with Crippen LogP contribution in [0.15, 0.2) is 110 Å². The van der Waals surface area contributed by atoms with Crippen LogP contribution in [0.1, 0.15) is 36.1 Å². The van der Waals surface area contributed by atoms with Gasteiger partial charge >= 0.3 is 0 Å². The van der Waals surface area contributed by atoms with Gasteiger partial charge in [0.2, 0.25) is 11.8 Å². The van der Waals surface area contributed by atoms with E-state index in [2.05, 4.69) is 48.1 Å². The fraction of sp³-hybridized carbons (Fsp3) is 0.143. The van der Waals surface area contributed by atoms with Crippen LogP contribution in [-0.2, 0) is 15.0 Å². The summed E-state index contributed by atoms with van der Waals surface area (Å²) in [5.41, 5.74) is 6.61. The van der Waals surface area contributed by atoms with Crippen LogP contribution in [-0.4, -0.2) is 25.0 Å². The third-order valence-electron chi connectivity index (χ3n) is 7.11. The summed E-state index contributed by atoms with van der Waals surface area (Å²) in [6.07, 6.45) is 3.33. The van der Waals surface area contributed by atoms with Crippen molar-refractivity contribution in [2.45, 2.75) is 19.3 Å². The molecule has 206 valence electrons. The zero-order chi connectivity index (χ0) is 29.0. The third-order valence-corrected chi connectivity index (χ3v) is 7.11. The maximum Gasteiger partial charge on any atom is 0.221 e. The summed E-state index contributed by atoms with van der Waals surface area (Å²) < 4.78 is 11.8.